The van der Waals surface area contributed by atoms with Crippen LogP contribution in [0, 0.1) is 0 Å². The van der Waals surface area contributed by atoms with Gasteiger partial charge in [-0.3, -0.25) is 0 Å². The van der Waals surface area contributed by atoms with Crippen LogP contribution in [0.2, 0.25) is 0 Å². The van der Waals surface area contributed by atoms with Gasteiger partial charge in [0.25, 0.3) is 0 Å². The van der Waals surface area contributed by atoms with Crippen LogP contribution in [0.15, 0.2) is 17.6 Å². The molecule has 0 amide bonds. The van der Waals surface area contributed by atoms with Crippen molar-refractivity contribution in [3.8, 4) is 0 Å². The van der Waals surface area contributed by atoms with Crippen molar-refractivity contribution in [1.29, 1.82) is 0 Å². The van der Waals surface area contributed by atoms with Gasteiger partial charge >= 0.3 is 0 Å². The van der Waals surface area contributed by atoms with E-state index >= 15 is 0 Å². The molecule has 11 heavy (non-hydrogen) atoms. The van der Waals surface area contributed by atoms with Crippen molar-refractivity contribution in [2.24, 2.45) is 0 Å². The van der Waals surface area contributed by atoms with Crippen molar-refractivity contribution < 1.29 is 8.76 Å². The molecule has 1 aliphatic rings. The highest BCUT2D eigenvalue weighted by Gasteiger charge is 2.26. The molecule has 1 N–H and O–H groups in total. The lowest BCUT2D eigenvalue weighted by atomic mass is 10.7. The van der Waals surface area contributed by atoms with Crippen LogP contribution < -0.4 is 0 Å². The topological polar surface area (TPSA) is 55.1 Å². The Labute approximate surface area is 66.5 Å². The molecule has 1 heterocycles. The van der Waals surface area contributed by atoms with Gasteiger partial charge in [0.05, 0.1) is 12.5 Å². The molecular weight excluding hydrogens is 164 g/mol. The van der Waals surface area contributed by atoms with Crippen LogP contribution in [0.4, 0.5) is 0 Å². The number of nitrogens with zero attached hydrogens (tertiary/aromatic N) is 2. The Morgan fingerprint density at radius 3 is 3.00 bits per heavy atom. The van der Waals surface area contributed by atoms with E-state index in [9.17, 15) is 4.21 Å². The molecule has 1 aliphatic carbocycles. The highest BCUT2D eigenvalue weighted by Crippen LogP contribution is 2.36. The number of hydrogen-bond acceptors (Lipinski definition) is 2. The summed E-state index contributed by atoms with van der Waals surface area (Å²) in [6.07, 6.45) is 5.25. The van der Waals surface area contributed by atoms with E-state index in [0.717, 1.165) is 12.8 Å². The van der Waals surface area contributed by atoms with E-state index in [4.69, 9.17) is 4.55 Å². The highest BCUT2D eigenvalue weighted by molar-refractivity contribution is 7.79. The van der Waals surface area contributed by atoms with Gasteiger partial charge in [-0.1, -0.05) is 0 Å². The summed E-state index contributed by atoms with van der Waals surface area (Å²) in [6.45, 7) is 0. The van der Waals surface area contributed by atoms with Gasteiger partial charge in [-0.2, -0.15) is 0 Å². The minimum absolute atomic E-state index is 0.410. The van der Waals surface area contributed by atoms with E-state index in [-0.39, 0.29) is 0 Å². The molecular formula is C6H8N2O2S. The smallest absolute Gasteiger partial charge is 0.205 e. The second-order valence-corrected chi connectivity index (χ2v) is 3.54. The Morgan fingerprint density at radius 1 is 1.73 bits per heavy atom. The quantitative estimate of drug-likeness (QED) is 0.671. The van der Waals surface area contributed by atoms with Crippen LogP contribution in [0.1, 0.15) is 18.9 Å². The number of imidazole rings is 1. The SMILES string of the molecule is O=S(O)c1cncn1C1CC1. The molecule has 1 atom stereocenters. The average Bonchev–Trinajstić information content (AvgIpc) is 2.68. The molecule has 0 bridgehead atoms. The van der Waals surface area contributed by atoms with Crippen LogP contribution in [0.25, 0.3) is 0 Å². The third-order valence-electron chi connectivity index (χ3n) is 1.75. The van der Waals surface area contributed by atoms with Crippen LogP contribution in [-0.2, 0) is 11.1 Å². The van der Waals surface area contributed by atoms with E-state index in [1.165, 1.54) is 6.20 Å². The molecule has 0 aliphatic heterocycles. The van der Waals surface area contributed by atoms with Crippen molar-refractivity contribution in [2.45, 2.75) is 23.9 Å². The summed E-state index contributed by atoms with van der Waals surface area (Å²) in [4.78, 5) is 3.81. The summed E-state index contributed by atoms with van der Waals surface area (Å²) in [5.41, 5.74) is 0. The summed E-state index contributed by atoms with van der Waals surface area (Å²) in [7, 11) is 0. The molecule has 1 aromatic rings. The first-order valence-electron chi connectivity index (χ1n) is 3.41. The summed E-state index contributed by atoms with van der Waals surface area (Å²) in [5.74, 6) is 0. The Balaban J connectivity index is 2.37. The lowest BCUT2D eigenvalue weighted by molar-refractivity contribution is 0.546. The zero-order valence-electron chi connectivity index (χ0n) is 5.80. The molecule has 2 rings (SSSR count). The van der Waals surface area contributed by atoms with Gasteiger partial charge in [-0.25, -0.2) is 9.19 Å². The standard InChI is InChI=1S/C6H8N2O2S/c9-11(10)6-3-7-4-8(6)5-1-2-5/h3-5H,1-2H2,(H,9,10). The van der Waals surface area contributed by atoms with Crippen LogP contribution in [0.5, 0.6) is 0 Å². The van der Waals surface area contributed by atoms with Crippen molar-refractivity contribution in [2.75, 3.05) is 0 Å². The normalized spacial score (nSPS) is 20.1. The van der Waals surface area contributed by atoms with E-state index in [2.05, 4.69) is 4.98 Å². The van der Waals surface area contributed by atoms with Crippen LogP contribution >= 0.6 is 0 Å². The van der Waals surface area contributed by atoms with Gasteiger partial charge in [0.1, 0.15) is 0 Å². The minimum Gasteiger partial charge on any atom is -0.319 e. The molecule has 1 aromatic heterocycles. The van der Waals surface area contributed by atoms with E-state index in [1.807, 2.05) is 0 Å². The molecule has 4 nitrogen and oxygen atoms in total. The third-order valence-corrected chi connectivity index (χ3v) is 2.42. The largest absolute Gasteiger partial charge is 0.319 e. The molecule has 1 unspecified atom stereocenters. The lowest BCUT2D eigenvalue weighted by Gasteiger charge is -2.00. The second kappa shape index (κ2) is 2.42. The predicted molar refractivity (Wildman–Crippen MR) is 39.5 cm³/mol. The van der Waals surface area contributed by atoms with E-state index in [1.54, 1.807) is 10.9 Å². The molecule has 60 valence electrons. The first-order valence-corrected chi connectivity index (χ1v) is 4.52. The average molecular weight is 172 g/mol. The van der Waals surface area contributed by atoms with Crippen molar-refractivity contribution in [3.63, 3.8) is 0 Å². The zero-order valence-corrected chi connectivity index (χ0v) is 6.62. The summed E-state index contributed by atoms with van der Waals surface area (Å²) in [6, 6.07) is 0.420. The maximum Gasteiger partial charge on any atom is 0.205 e. The molecule has 0 saturated heterocycles. The molecule has 1 fully saturated rings. The fourth-order valence-electron chi connectivity index (χ4n) is 1.05. The Hall–Kier alpha value is -0.680. The molecule has 0 spiro atoms. The van der Waals surface area contributed by atoms with Gasteiger partial charge in [-0.15, -0.1) is 0 Å². The summed E-state index contributed by atoms with van der Waals surface area (Å²) >= 11 is -1.89. The number of aromatic nitrogens is 2. The maximum atomic E-state index is 10.7. The predicted octanol–water partition coefficient (Wildman–Crippen LogP) is 0.799. The molecule has 0 radical (unpaired) electrons. The Kier molecular flexibility index (Phi) is 1.54. The van der Waals surface area contributed by atoms with Crippen molar-refractivity contribution in [1.82, 2.24) is 9.55 Å². The number of rotatable bonds is 2. The lowest BCUT2D eigenvalue weighted by Crippen LogP contribution is -2.00. The summed E-state index contributed by atoms with van der Waals surface area (Å²) < 4.78 is 21.2. The third kappa shape index (κ3) is 1.21. The van der Waals surface area contributed by atoms with Crippen molar-refractivity contribution in [3.05, 3.63) is 12.5 Å². The number of hydrogen-bond donors (Lipinski definition) is 1. The monoisotopic (exact) mass is 172 g/mol. The van der Waals surface area contributed by atoms with Crippen LogP contribution in [0.3, 0.4) is 0 Å². The first-order chi connectivity index (χ1) is 5.29. The maximum absolute atomic E-state index is 10.7. The van der Waals surface area contributed by atoms with Gasteiger partial charge in [0, 0.05) is 6.04 Å². The molecule has 1 saturated carbocycles. The van der Waals surface area contributed by atoms with Gasteiger partial charge < -0.3 is 9.12 Å². The van der Waals surface area contributed by atoms with E-state index < -0.39 is 11.1 Å². The fourth-order valence-corrected chi connectivity index (χ4v) is 1.58. The minimum atomic E-state index is -1.89. The van der Waals surface area contributed by atoms with Gasteiger partial charge in [0.2, 0.25) is 11.1 Å². The van der Waals surface area contributed by atoms with E-state index in [0.29, 0.717) is 11.1 Å². The van der Waals surface area contributed by atoms with Gasteiger partial charge in [0.15, 0.2) is 5.03 Å². The summed E-state index contributed by atoms with van der Waals surface area (Å²) in [5, 5.41) is 0.410. The Morgan fingerprint density at radius 2 is 2.45 bits per heavy atom. The van der Waals surface area contributed by atoms with Gasteiger partial charge in [-0.05, 0) is 12.8 Å². The zero-order chi connectivity index (χ0) is 7.84. The van der Waals surface area contributed by atoms with Crippen molar-refractivity contribution >= 4 is 11.1 Å². The molecule has 0 aromatic carbocycles. The fraction of sp³-hybridized carbons (Fsp3) is 0.500. The molecule has 5 heteroatoms. The van der Waals surface area contributed by atoms with Crippen LogP contribution in [-0.4, -0.2) is 18.3 Å². The highest BCUT2D eigenvalue weighted by atomic mass is 32.2. The Bertz CT molecular complexity index is 293. The first kappa shape index (κ1) is 7.00. The second-order valence-electron chi connectivity index (χ2n) is 2.62.